The molecule has 5 heteroatoms. The van der Waals surface area contributed by atoms with E-state index in [9.17, 15) is 9.59 Å². The van der Waals surface area contributed by atoms with Crippen molar-refractivity contribution >= 4 is 11.9 Å². The first-order valence-corrected chi connectivity index (χ1v) is 6.12. The summed E-state index contributed by atoms with van der Waals surface area (Å²) < 4.78 is 0. The average molecular weight is 241 g/mol. The van der Waals surface area contributed by atoms with E-state index in [-0.39, 0.29) is 23.4 Å². The highest BCUT2D eigenvalue weighted by molar-refractivity contribution is 5.79. The number of likely N-dealkylation sites (tertiary alicyclic amines) is 1. The quantitative estimate of drug-likeness (QED) is 0.718. The molecule has 5 nitrogen and oxygen atoms in total. The van der Waals surface area contributed by atoms with E-state index < -0.39 is 0 Å². The Morgan fingerprint density at radius 3 is 2.12 bits per heavy atom. The zero-order valence-corrected chi connectivity index (χ0v) is 11.2. The molecule has 1 rings (SSSR count). The molecule has 0 atom stereocenters. The largest absolute Gasteiger partial charge is 0.359 e. The number of rotatable bonds is 1. The maximum atomic E-state index is 11.9. The Balaban J connectivity index is 2.42. The zero-order chi connectivity index (χ0) is 13.1. The molecule has 2 N–H and O–H groups in total. The molecule has 0 bridgehead atoms. The summed E-state index contributed by atoms with van der Waals surface area (Å²) in [6.45, 7) is 7.19. The molecule has 0 unspecified atom stereocenters. The van der Waals surface area contributed by atoms with E-state index in [1.165, 1.54) is 0 Å². The highest BCUT2D eigenvalue weighted by Gasteiger charge is 2.27. The second kappa shape index (κ2) is 5.38. The smallest absolute Gasteiger partial charge is 0.317 e. The second-order valence-corrected chi connectivity index (χ2v) is 5.56. The minimum Gasteiger partial charge on any atom is -0.359 e. The molecule has 1 fully saturated rings. The van der Waals surface area contributed by atoms with Crippen LogP contribution in [0.25, 0.3) is 0 Å². The van der Waals surface area contributed by atoms with Crippen molar-refractivity contribution in [1.29, 1.82) is 0 Å². The van der Waals surface area contributed by atoms with Crippen LogP contribution < -0.4 is 10.6 Å². The highest BCUT2D eigenvalue weighted by Crippen LogP contribution is 2.17. The zero-order valence-electron chi connectivity index (χ0n) is 11.2. The van der Waals surface area contributed by atoms with Crippen molar-refractivity contribution in [1.82, 2.24) is 15.5 Å². The Morgan fingerprint density at radius 1 is 1.18 bits per heavy atom. The standard InChI is InChI=1S/C12H23N3O2/c1-12(2,3)14-11(17)15-7-5-9(6-8-15)10(16)13-4/h9H,5-8H2,1-4H3,(H,13,16)(H,14,17). The average Bonchev–Trinajstić information content (AvgIpc) is 2.26. The first kappa shape index (κ1) is 13.8. The highest BCUT2D eigenvalue weighted by atomic mass is 16.2. The van der Waals surface area contributed by atoms with Gasteiger partial charge in [-0.2, -0.15) is 0 Å². The van der Waals surface area contributed by atoms with Gasteiger partial charge in [-0.3, -0.25) is 4.79 Å². The molecule has 1 aliphatic rings. The van der Waals surface area contributed by atoms with E-state index in [2.05, 4.69) is 10.6 Å². The lowest BCUT2D eigenvalue weighted by Crippen LogP contribution is -2.51. The SMILES string of the molecule is CNC(=O)C1CCN(C(=O)NC(C)(C)C)CC1. The third kappa shape index (κ3) is 4.24. The fourth-order valence-electron chi connectivity index (χ4n) is 1.95. The van der Waals surface area contributed by atoms with Gasteiger partial charge >= 0.3 is 6.03 Å². The maximum Gasteiger partial charge on any atom is 0.317 e. The van der Waals surface area contributed by atoms with E-state index in [1.807, 2.05) is 20.8 Å². The van der Waals surface area contributed by atoms with Crippen molar-refractivity contribution in [3.8, 4) is 0 Å². The predicted molar refractivity (Wildman–Crippen MR) is 66.6 cm³/mol. The number of nitrogens with zero attached hydrogens (tertiary/aromatic N) is 1. The van der Waals surface area contributed by atoms with Crippen LogP contribution >= 0.6 is 0 Å². The second-order valence-electron chi connectivity index (χ2n) is 5.56. The number of urea groups is 1. The number of nitrogens with one attached hydrogen (secondary N) is 2. The molecule has 1 aliphatic heterocycles. The number of hydrogen-bond donors (Lipinski definition) is 2. The van der Waals surface area contributed by atoms with Crippen molar-refractivity contribution in [2.24, 2.45) is 5.92 Å². The van der Waals surface area contributed by atoms with Gasteiger partial charge in [0.1, 0.15) is 0 Å². The first-order valence-electron chi connectivity index (χ1n) is 6.12. The summed E-state index contributed by atoms with van der Waals surface area (Å²) in [5.41, 5.74) is -0.214. The predicted octanol–water partition coefficient (Wildman–Crippen LogP) is 0.952. The van der Waals surface area contributed by atoms with Crippen molar-refractivity contribution in [3.05, 3.63) is 0 Å². The van der Waals surface area contributed by atoms with Gasteiger partial charge in [0.15, 0.2) is 0 Å². The van der Waals surface area contributed by atoms with Gasteiger partial charge in [-0.1, -0.05) is 0 Å². The summed E-state index contributed by atoms with van der Waals surface area (Å²) in [6.07, 6.45) is 1.49. The third-order valence-corrected chi connectivity index (χ3v) is 2.88. The lowest BCUT2D eigenvalue weighted by Gasteiger charge is -2.33. The van der Waals surface area contributed by atoms with E-state index in [0.29, 0.717) is 13.1 Å². The van der Waals surface area contributed by atoms with Crippen LogP contribution in [0.15, 0.2) is 0 Å². The van der Waals surface area contributed by atoms with Crippen LogP contribution in [0.4, 0.5) is 4.79 Å². The molecule has 0 aromatic heterocycles. The maximum absolute atomic E-state index is 11.9. The van der Waals surface area contributed by atoms with Gasteiger partial charge < -0.3 is 15.5 Å². The van der Waals surface area contributed by atoms with E-state index in [1.54, 1.807) is 11.9 Å². The number of amides is 3. The third-order valence-electron chi connectivity index (χ3n) is 2.88. The lowest BCUT2D eigenvalue weighted by atomic mass is 9.96. The van der Waals surface area contributed by atoms with Gasteiger partial charge in [0, 0.05) is 31.6 Å². The van der Waals surface area contributed by atoms with Crippen LogP contribution in [0.1, 0.15) is 33.6 Å². The summed E-state index contributed by atoms with van der Waals surface area (Å²) in [5, 5.41) is 5.59. The van der Waals surface area contributed by atoms with Crippen molar-refractivity contribution in [2.45, 2.75) is 39.2 Å². The summed E-state index contributed by atoms with van der Waals surface area (Å²) in [4.78, 5) is 25.1. The molecule has 0 aromatic rings. The van der Waals surface area contributed by atoms with E-state index in [0.717, 1.165) is 12.8 Å². The lowest BCUT2D eigenvalue weighted by molar-refractivity contribution is -0.125. The number of carbonyl (C=O) groups excluding carboxylic acids is 2. The van der Waals surface area contributed by atoms with Crippen LogP contribution in [-0.4, -0.2) is 42.5 Å². The van der Waals surface area contributed by atoms with Crippen molar-refractivity contribution in [3.63, 3.8) is 0 Å². The molecule has 0 aliphatic carbocycles. The van der Waals surface area contributed by atoms with Crippen molar-refractivity contribution in [2.75, 3.05) is 20.1 Å². The Bertz CT molecular complexity index is 289. The summed E-state index contributed by atoms with van der Waals surface area (Å²) in [5.74, 6) is 0.138. The molecule has 0 radical (unpaired) electrons. The Kier molecular flexibility index (Phi) is 4.37. The first-order chi connectivity index (χ1) is 7.83. The molecular formula is C12H23N3O2. The van der Waals surface area contributed by atoms with Gasteiger partial charge in [0.05, 0.1) is 0 Å². The van der Waals surface area contributed by atoms with Crippen molar-refractivity contribution < 1.29 is 9.59 Å². The van der Waals surface area contributed by atoms with Crippen LogP contribution in [0.2, 0.25) is 0 Å². The molecule has 1 heterocycles. The fraction of sp³-hybridized carbons (Fsp3) is 0.833. The van der Waals surface area contributed by atoms with Crippen LogP contribution in [0.3, 0.4) is 0 Å². The molecule has 98 valence electrons. The minimum atomic E-state index is -0.214. The fourth-order valence-corrected chi connectivity index (χ4v) is 1.95. The number of carbonyl (C=O) groups is 2. The molecule has 17 heavy (non-hydrogen) atoms. The molecule has 1 saturated heterocycles. The van der Waals surface area contributed by atoms with E-state index in [4.69, 9.17) is 0 Å². The van der Waals surface area contributed by atoms with E-state index >= 15 is 0 Å². The van der Waals surface area contributed by atoms with Crippen LogP contribution in [-0.2, 0) is 4.79 Å². The number of hydrogen-bond acceptors (Lipinski definition) is 2. The Morgan fingerprint density at radius 2 is 1.71 bits per heavy atom. The Hall–Kier alpha value is -1.26. The topological polar surface area (TPSA) is 61.4 Å². The van der Waals surface area contributed by atoms with Gasteiger partial charge in [0.2, 0.25) is 5.91 Å². The molecule has 0 saturated carbocycles. The van der Waals surface area contributed by atoms with Crippen LogP contribution in [0, 0.1) is 5.92 Å². The van der Waals surface area contributed by atoms with Crippen LogP contribution in [0.5, 0.6) is 0 Å². The summed E-state index contributed by atoms with van der Waals surface area (Å²) >= 11 is 0. The molecule has 0 aromatic carbocycles. The summed E-state index contributed by atoms with van der Waals surface area (Å²) in [6, 6.07) is -0.0344. The molecular weight excluding hydrogens is 218 g/mol. The van der Waals surface area contributed by atoms with Gasteiger partial charge in [0.25, 0.3) is 0 Å². The molecule has 0 spiro atoms. The molecule has 3 amide bonds. The van der Waals surface area contributed by atoms with Gasteiger partial charge in [-0.05, 0) is 33.6 Å². The Labute approximate surface area is 103 Å². The summed E-state index contributed by atoms with van der Waals surface area (Å²) in [7, 11) is 1.65. The number of piperidine rings is 1. The normalized spacial score (nSPS) is 17.8. The van der Waals surface area contributed by atoms with Gasteiger partial charge in [-0.25, -0.2) is 4.79 Å². The van der Waals surface area contributed by atoms with Gasteiger partial charge in [-0.15, -0.1) is 0 Å². The minimum absolute atomic E-state index is 0.0344. The monoisotopic (exact) mass is 241 g/mol.